The van der Waals surface area contributed by atoms with Gasteiger partial charge >= 0.3 is 0 Å². The van der Waals surface area contributed by atoms with Gasteiger partial charge in [-0.3, -0.25) is 0 Å². The number of benzene rings is 8. The molecule has 1 aliphatic rings. The summed E-state index contributed by atoms with van der Waals surface area (Å²) in [6.07, 6.45) is 6.59. The molecule has 1 fully saturated rings. The fourth-order valence-corrected chi connectivity index (χ4v) is 15.1. The van der Waals surface area contributed by atoms with Gasteiger partial charge in [0.2, 0.25) is 0 Å². The Balaban J connectivity index is 1.17. The molecular formula is C54H44N2Si. The van der Waals surface area contributed by atoms with Gasteiger partial charge in [-0.05, 0) is 81.5 Å². The predicted molar refractivity (Wildman–Crippen MR) is 245 cm³/mol. The van der Waals surface area contributed by atoms with Gasteiger partial charge in [0.25, 0.3) is 0 Å². The molecule has 0 N–H and O–H groups in total. The first-order valence-electron chi connectivity index (χ1n) is 20.6. The summed E-state index contributed by atoms with van der Waals surface area (Å²) in [5, 5.41) is 10.7. The Hall–Kier alpha value is -6.42. The van der Waals surface area contributed by atoms with E-state index in [-0.39, 0.29) is 0 Å². The second kappa shape index (κ2) is 13.9. The lowest BCUT2D eigenvalue weighted by atomic mass is 9.84. The first kappa shape index (κ1) is 33.9. The van der Waals surface area contributed by atoms with Gasteiger partial charge in [-0.2, -0.15) is 0 Å². The molecule has 0 atom stereocenters. The van der Waals surface area contributed by atoms with Crippen LogP contribution in [0.15, 0.2) is 200 Å². The molecule has 3 heteroatoms. The van der Waals surface area contributed by atoms with E-state index in [0.29, 0.717) is 5.92 Å². The van der Waals surface area contributed by atoms with Gasteiger partial charge in [0.1, 0.15) is 0 Å². The van der Waals surface area contributed by atoms with Crippen LogP contribution < -0.4 is 20.7 Å². The van der Waals surface area contributed by atoms with Crippen LogP contribution in [0.25, 0.3) is 55.0 Å². The third-order valence-corrected chi connectivity index (χ3v) is 17.7. The van der Waals surface area contributed by atoms with Crippen molar-refractivity contribution in [2.24, 2.45) is 0 Å². The Morgan fingerprint density at radius 3 is 1.47 bits per heavy atom. The molecule has 0 aliphatic heterocycles. The van der Waals surface area contributed by atoms with Crippen molar-refractivity contribution in [1.82, 2.24) is 9.13 Å². The Kier molecular flexibility index (Phi) is 8.29. The third-order valence-electron chi connectivity index (χ3n) is 12.9. The van der Waals surface area contributed by atoms with Crippen LogP contribution in [0.5, 0.6) is 0 Å². The fraction of sp³-hybridized carbons (Fsp3) is 0.111. The van der Waals surface area contributed by atoms with Crippen LogP contribution >= 0.6 is 0 Å². The zero-order chi connectivity index (χ0) is 37.8. The lowest BCUT2D eigenvalue weighted by molar-refractivity contribution is 0.444. The highest BCUT2D eigenvalue weighted by Gasteiger charge is 2.41. The minimum absolute atomic E-state index is 0.633. The van der Waals surface area contributed by atoms with Crippen LogP contribution in [0.2, 0.25) is 0 Å². The standard InChI is InChI=1S/C54H44N2Si/c1-5-18-39(19-6-1)40-32-37-48-46-26-13-16-30-51(46)56(53(48)38-40)52-31-17-28-49-47-27-14-15-29-50(47)55(54(49)52)41-33-35-45(36-34-41)57(42-20-7-2-8-21-42,43-22-9-3-10-23-43)44-24-11-4-12-25-44/h2-4,7-17,20-39H,1,5-6,18-19H2. The van der Waals surface area contributed by atoms with Gasteiger partial charge in [0.05, 0.1) is 27.8 Å². The van der Waals surface area contributed by atoms with Gasteiger partial charge in [-0.25, -0.2) is 0 Å². The van der Waals surface area contributed by atoms with Gasteiger partial charge in [-0.1, -0.05) is 183 Å². The van der Waals surface area contributed by atoms with E-state index in [0.717, 1.165) is 5.69 Å². The summed E-state index contributed by atoms with van der Waals surface area (Å²) in [6.45, 7) is 0. The van der Waals surface area contributed by atoms with E-state index in [9.17, 15) is 0 Å². The molecule has 1 saturated carbocycles. The molecule has 1 aliphatic carbocycles. The van der Waals surface area contributed by atoms with Crippen LogP contribution in [-0.2, 0) is 0 Å². The van der Waals surface area contributed by atoms with Crippen LogP contribution in [-0.4, -0.2) is 17.2 Å². The largest absolute Gasteiger partial charge is 0.307 e. The average Bonchev–Trinajstić information content (AvgIpc) is 3.81. The van der Waals surface area contributed by atoms with Crippen molar-refractivity contribution < 1.29 is 0 Å². The molecule has 0 amide bonds. The molecule has 2 heterocycles. The zero-order valence-electron chi connectivity index (χ0n) is 32.1. The van der Waals surface area contributed by atoms with Gasteiger partial charge in [0, 0.05) is 27.2 Å². The van der Waals surface area contributed by atoms with Gasteiger partial charge in [0.15, 0.2) is 8.07 Å². The molecule has 2 nitrogen and oxygen atoms in total. The summed E-state index contributed by atoms with van der Waals surface area (Å²) in [4.78, 5) is 0. The monoisotopic (exact) mass is 748 g/mol. The molecule has 0 bridgehead atoms. The Morgan fingerprint density at radius 2 is 0.860 bits per heavy atom. The molecule has 0 unspecified atom stereocenters. The maximum atomic E-state index is 2.56. The number of rotatable bonds is 7. The first-order chi connectivity index (χ1) is 28.3. The molecule has 2 aromatic heterocycles. The summed E-state index contributed by atoms with van der Waals surface area (Å²) in [6, 6.07) is 75.4. The number of para-hydroxylation sites is 3. The van der Waals surface area contributed by atoms with E-state index >= 15 is 0 Å². The Labute approximate surface area is 335 Å². The van der Waals surface area contributed by atoms with Gasteiger partial charge in [-0.15, -0.1) is 0 Å². The van der Waals surface area contributed by atoms with Crippen LogP contribution in [0.1, 0.15) is 43.6 Å². The molecule has 8 aromatic carbocycles. The summed E-state index contributed by atoms with van der Waals surface area (Å²) >= 11 is 0. The smallest absolute Gasteiger partial charge is 0.179 e. The van der Waals surface area contributed by atoms with E-state index in [2.05, 4.69) is 209 Å². The molecular weight excluding hydrogens is 705 g/mol. The van der Waals surface area contributed by atoms with E-state index in [1.165, 1.54) is 108 Å². The quantitative estimate of drug-likeness (QED) is 0.113. The van der Waals surface area contributed by atoms with Crippen molar-refractivity contribution in [3.05, 3.63) is 206 Å². The highest BCUT2D eigenvalue weighted by Crippen LogP contribution is 2.41. The van der Waals surface area contributed by atoms with Crippen molar-refractivity contribution in [3.63, 3.8) is 0 Å². The molecule has 0 radical (unpaired) electrons. The second-order valence-corrected chi connectivity index (χ2v) is 19.7. The van der Waals surface area contributed by atoms with Crippen molar-refractivity contribution >= 4 is 72.4 Å². The van der Waals surface area contributed by atoms with E-state index < -0.39 is 8.07 Å². The number of aromatic nitrogens is 2. The highest BCUT2D eigenvalue weighted by atomic mass is 28.3. The molecule has 57 heavy (non-hydrogen) atoms. The Bertz CT molecular complexity index is 2930. The number of fused-ring (bicyclic) bond motifs is 6. The Morgan fingerprint density at radius 1 is 0.368 bits per heavy atom. The lowest BCUT2D eigenvalue weighted by Gasteiger charge is -2.34. The molecule has 274 valence electrons. The maximum absolute atomic E-state index is 2.66. The van der Waals surface area contributed by atoms with Crippen molar-refractivity contribution in [2.75, 3.05) is 0 Å². The van der Waals surface area contributed by atoms with Crippen molar-refractivity contribution in [1.29, 1.82) is 0 Å². The van der Waals surface area contributed by atoms with Crippen LogP contribution in [0.4, 0.5) is 0 Å². The van der Waals surface area contributed by atoms with E-state index in [1.807, 2.05) is 0 Å². The second-order valence-electron chi connectivity index (χ2n) is 15.9. The molecule has 11 rings (SSSR count). The normalized spacial score (nSPS) is 13.9. The fourth-order valence-electron chi connectivity index (χ4n) is 10.3. The predicted octanol–water partition coefficient (Wildman–Crippen LogP) is 11.3. The first-order valence-corrected chi connectivity index (χ1v) is 22.6. The van der Waals surface area contributed by atoms with E-state index in [1.54, 1.807) is 0 Å². The maximum Gasteiger partial charge on any atom is 0.179 e. The highest BCUT2D eigenvalue weighted by molar-refractivity contribution is 7.19. The third kappa shape index (κ3) is 5.37. The summed E-state index contributed by atoms with van der Waals surface area (Å²) in [5.41, 5.74) is 8.85. The van der Waals surface area contributed by atoms with Crippen molar-refractivity contribution in [2.45, 2.75) is 38.0 Å². The number of hydrogen-bond donors (Lipinski definition) is 0. The lowest BCUT2D eigenvalue weighted by Crippen LogP contribution is -2.74. The molecule has 0 spiro atoms. The van der Waals surface area contributed by atoms with Crippen LogP contribution in [0, 0.1) is 0 Å². The van der Waals surface area contributed by atoms with Gasteiger partial charge < -0.3 is 9.13 Å². The summed E-state index contributed by atoms with van der Waals surface area (Å²) in [5.74, 6) is 0.633. The summed E-state index contributed by atoms with van der Waals surface area (Å²) in [7, 11) is -2.66. The van der Waals surface area contributed by atoms with E-state index in [4.69, 9.17) is 0 Å². The number of hydrogen-bond acceptors (Lipinski definition) is 0. The zero-order valence-corrected chi connectivity index (χ0v) is 33.1. The van der Waals surface area contributed by atoms with Crippen molar-refractivity contribution in [3.8, 4) is 11.4 Å². The molecule has 0 saturated heterocycles. The minimum Gasteiger partial charge on any atom is -0.307 e. The molecule has 10 aromatic rings. The summed E-state index contributed by atoms with van der Waals surface area (Å²) < 4.78 is 5.08. The van der Waals surface area contributed by atoms with Crippen LogP contribution in [0.3, 0.4) is 0 Å². The SMILES string of the molecule is c1ccc([Si](c2ccccc2)(c2ccccc2)c2ccc(-n3c4ccccc4c4cccc(-n5c6ccccc6c6ccc(C7CCCCC7)cc65)c43)cc2)cc1. The topological polar surface area (TPSA) is 9.86 Å². The average molecular weight is 749 g/mol. The number of nitrogens with zero attached hydrogens (tertiary/aromatic N) is 2. The minimum atomic E-state index is -2.66.